The molecule has 4 nitrogen and oxygen atoms in total. The van der Waals surface area contributed by atoms with Crippen molar-refractivity contribution in [2.75, 3.05) is 19.0 Å². The summed E-state index contributed by atoms with van der Waals surface area (Å²) in [7, 11) is 3.82. The number of hydrogen-bond donors (Lipinski definition) is 0. The predicted molar refractivity (Wildman–Crippen MR) is 84.2 cm³/mol. The summed E-state index contributed by atoms with van der Waals surface area (Å²) in [5.41, 5.74) is 1.92. The summed E-state index contributed by atoms with van der Waals surface area (Å²) < 4.78 is 14.7. The Labute approximate surface area is 125 Å². The van der Waals surface area contributed by atoms with Gasteiger partial charge in [0, 0.05) is 19.7 Å². The lowest BCUT2D eigenvalue weighted by molar-refractivity contribution is 0.627. The second kappa shape index (κ2) is 4.96. The van der Waals surface area contributed by atoms with Crippen LogP contribution in [0, 0.1) is 12.7 Å². The van der Waals surface area contributed by atoms with Crippen molar-refractivity contribution in [2.24, 2.45) is 0 Å². The number of nitrogens with zero attached hydrogens (tertiary/aromatic N) is 3. The van der Waals surface area contributed by atoms with Crippen LogP contribution in [0.3, 0.4) is 0 Å². The van der Waals surface area contributed by atoms with Gasteiger partial charge in [-0.25, -0.2) is 9.37 Å². The van der Waals surface area contributed by atoms with Crippen molar-refractivity contribution in [3.63, 3.8) is 0 Å². The van der Waals surface area contributed by atoms with Crippen LogP contribution in [0.1, 0.15) is 5.56 Å². The van der Waals surface area contributed by atoms with Gasteiger partial charge in [-0.1, -0.05) is 11.3 Å². The molecule has 0 aliphatic carbocycles. The molecular formula is C15H14FN3OS. The lowest BCUT2D eigenvalue weighted by Gasteiger charge is -2.08. The number of pyridine rings is 1. The summed E-state index contributed by atoms with van der Waals surface area (Å²) in [4.78, 5) is 19.7. The van der Waals surface area contributed by atoms with E-state index in [1.54, 1.807) is 29.7 Å². The molecular weight excluding hydrogens is 289 g/mol. The molecule has 1 aromatic carbocycles. The van der Waals surface area contributed by atoms with Gasteiger partial charge in [0.15, 0.2) is 5.13 Å². The Morgan fingerprint density at radius 3 is 2.52 bits per heavy atom. The Hall–Kier alpha value is -2.21. The summed E-state index contributed by atoms with van der Waals surface area (Å²) in [6.45, 7) is 1.76. The number of aromatic nitrogens is 2. The maximum atomic E-state index is 13.1. The molecule has 0 saturated heterocycles. The molecule has 0 bridgehead atoms. The highest BCUT2D eigenvalue weighted by atomic mass is 32.1. The van der Waals surface area contributed by atoms with Crippen molar-refractivity contribution >= 4 is 26.8 Å². The Bertz CT molecular complexity index is 865. The molecule has 0 aliphatic heterocycles. The first-order valence-electron chi connectivity index (χ1n) is 6.44. The molecule has 2 heterocycles. The zero-order valence-corrected chi connectivity index (χ0v) is 12.7. The first-order chi connectivity index (χ1) is 9.97. The summed E-state index contributed by atoms with van der Waals surface area (Å²) in [6.07, 6.45) is 0. The van der Waals surface area contributed by atoms with Crippen molar-refractivity contribution in [3.05, 3.63) is 52.1 Å². The normalized spacial score (nSPS) is 11.0. The minimum Gasteiger partial charge on any atom is -0.354 e. The van der Waals surface area contributed by atoms with E-state index in [0.717, 1.165) is 15.5 Å². The average Bonchev–Trinajstić information content (AvgIpc) is 2.85. The third-order valence-electron chi connectivity index (χ3n) is 3.19. The van der Waals surface area contributed by atoms with E-state index in [1.807, 2.05) is 19.0 Å². The maximum absolute atomic E-state index is 13.1. The number of thiazole rings is 1. The lowest BCUT2D eigenvalue weighted by atomic mass is 10.2. The molecule has 6 heteroatoms. The quantitative estimate of drug-likeness (QED) is 0.730. The van der Waals surface area contributed by atoms with Crippen molar-refractivity contribution in [1.82, 2.24) is 9.55 Å². The van der Waals surface area contributed by atoms with Crippen LogP contribution < -0.4 is 10.5 Å². The molecule has 0 saturated carbocycles. The Balaban J connectivity index is 2.36. The Morgan fingerprint density at radius 1 is 1.24 bits per heavy atom. The fraction of sp³-hybridized carbons (Fsp3) is 0.200. The van der Waals surface area contributed by atoms with E-state index in [-0.39, 0.29) is 11.4 Å². The van der Waals surface area contributed by atoms with Gasteiger partial charge in [0.1, 0.15) is 16.2 Å². The zero-order chi connectivity index (χ0) is 15.1. The van der Waals surface area contributed by atoms with E-state index in [9.17, 15) is 9.18 Å². The van der Waals surface area contributed by atoms with Gasteiger partial charge in [-0.3, -0.25) is 9.36 Å². The molecule has 3 aromatic rings. The predicted octanol–water partition coefficient (Wildman–Crippen LogP) is 2.96. The fourth-order valence-electron chi connectivity index (χ4n) is 2.12. The minimum atomic E-state index is -0.325. The molecule has 0 radical (unpaired) electrons. The third kappa shape index (κ3) is 2.31. The van der Waals surface area contributed by atoms with Crippen molar-refractivity contribution in [1.29, 1.82) is 0 Å². The van der Waals surface area contributed by atoms with Crippen LogP contribution in [0.2, 0.25) is 0 Å². The number of halogens is 1. The van der Waals surface area contributed by atoms with E-state index in [4.69, 9.17) is 0 Å². The van der Waals surface area contributed by atoms with Gasteiger partial charge in [-0.15, -0.1) is 0 Å². The van der Waals surface area contributed by atoms with Gasteiger partial charge in [0.25, 0.3) is 5.56 Å². The van der Waals surface area contributed by atoms with Crippen LogP contribution in [-0.4, -0.2) is 23.6 Å². The summed E-state index contributed by atoms with van der Waals surface area (Å²) in [5.74, 6) is -0.325. The third-order valence-corrected chi connectivity index (χ3v) is 4.41. The van der Waals surface area contributed by atoms with E-state index in [0.29, 0.717) is 11.3 Å². The SMILES string of the molecule is Cc1cc2nc(N(C)C)sc2n(-c2ccc(F)cc2)c1=O. The maximum Gasteiger partial charge on any atom is 0.259 e. The Morgan fingerprint density at radius 2 is 1.90 bits per heavy atom. The second-order valence-electron chi connectivity index (χ2n) is 5.03. The van der Waals surface area contributed by atoms with Gasteiger partial charge in [-0.05, 0) is 37.3 Å². The van der Waals surface area contributed by atoms with Crippen molar-refractivity contribution in [2.45, 2.75) is 6.92 Å². The number of aryl methyl sites for hydroxylation is 1. The zero-order valence-electron chi connectivity index (χ0n) is 11.9. The van der Waals surface area contributed by atoms with Crippen LogP contribution in [0.5, 0.6) is 0 Å². The van der Waals surface area contributed by atoms with Gasteiger partial charge < -0.3 is 4.90 Å². The highest BCUT2D eigenvalue weighted by molar-refractivity contribution is 7.21. The number of hydrogen-bond acceptors (Lipinski definition) is 4. The van der Waals surface area contributed by atoms with E-state index >= 15 is 0 Å². The van der Waals surface area contributed by atoms with Crippen molar-refractivity contribution < 1.29 is 4.39 Å². The van der Waals surface area contributed by atoms with Gasteiger partial charge in [0.2, 0.25) is 0 Å². The first-order valence-corrected chi connectivity index (χ1v) is 7.25. The molecule has 2 aromatic heterocycles. The minimum absolute atomic E-state index is 0.108. The van der Waals surface area contributed by atoms with E-state index < -0.39 is 0 Å². The number of fused-ring (bicyclic) bond motifs is 1. The summed E-state index contributed by atoms with van der Waals surface area (Å²) in [5, 5.41) is 0.825. The summed E-state index contributed by atoms with van der Waals surface area (Å²) in [6, 6.07) is 7.70. The molecule has 0 atom stereocenters. The molecule has 0 unspecified atom stereocenters. The number of rotatable bonds is 2. The fourth-order valence-corrected chi connectivity index (χ4v) is 3.11. The van der Waals surface area contributed by atoms with Crippen LogP contribution in [0.15, 0.2) is 35.1 Å². The molecule has 108 valence electrons. The van der Waals surface area contributed by atoms with Gasteiger partial charge in [-0.2, -0.15) is 0 Å². The monoisotopic (exact) mass is 303 g/mol. The average molecular weight is 303 g/mol. The van der Waals surface area contributed by atoms with E-state index in [1.165, 1.54) is 23.5 Å². The standard InChI is InChI=1S/C15H14FN3OS/c1-9-8-12-14(21-15(17-12)18(2)3)19(13(9)20)11-6-4-10(16)5-7-11/h4-8H,1-3H3. The smallest absolute Gasteiger partial charge is 0.259 e. The molecule has 0 fully saturated rings. The lowest BCUT2D eigenvalue weighted by Crippen LogP contribution is -2.20. The largest absolute Gasteiger partial charge is 0.354 e. The van der Waals surface area contributed by atoms with Crippen LogP contribution in [-0.2, 0) is 0 Å². The molecule has 0 spiro atoms. The first kappa shape index (κ1) is 13.8. The van der Waals surface area contributed by atoms with E-state index in [2.05, 4.69) is 4.98 Å². The van der Waals surface area contributed by atoms with Gasteiger partial charge in [0.05, 0.1) is 5.69 Å². The van der Waals surface area contributed by atoms with Crippen LogP contribution in [0.25, 0.3) is 16.0 Å². The molecule has 0 aliphatic rings. The number of benzene rings is 1. The molecule has 21 heavy (non-hydrogen) atoms. The number of anilines is 1. The van der Waals surface area contributed by atoms with Gasteiger partial charge >= 0.3 is 0 Å². The summed E-state index contributed by atoms with van der Waals surface area (Å²) >= 11 is 1.44. The molecule has 3 rings (SSSR count). The van der Waals surface area contributed by atoms with Crippen molar-refractivity contribution in [3.8, 4) is 5.69 Å². The van der Waals surface area contributed by atoms with Crippen LogP contribution in [0.4, 0.5) is 9.52 Å². The second-order valence-corrected chi connectivity index (χ2v) is 5.98. The highest BCUT2D eigenvalue weighted by Crippen LogP contribution is 2.28. The van der Waals surface area contributed by atoms with Crippen LogP contribution >= 0.6 is 11.3 Å². The highest BCUT2D eigenvalue weighted by Gasteiger charge is 2.14. The topological polar surface area (TPSA) is 38.1 Å². The molecule has 0 N–H and O–H groups in total. The molecule has 0 amide bonds. The Kier molecular flexibility index (Phi) is 3.25.